The van der Waals surface area contributed by atoms with Crippen LogP contribution in [0.25, 0.3) is 11.0 Å². The van der Waals surface area contributed by atoms with Crippen LogP contribution in [0.4, 0.5) is 0 Å². The number of para-hydroxylation sites is 2. The smallest absolute Gasteiger partial charge is 0.188 e. The van der Waals surface area contributed by atoms with E-state index < -0.39 is 0 Å². The third-order valence-electron chi connectivity index (χ3n) is 3.48. The number of guanidine groups is 1. The van der Waals surface area contributed by atoms with Gasteiger partial charge in [0.2, 0.25) is 0 Å². The lowest BCUT2D eigenvalue weighted by molar-refractivity contribution is 0.179. The van der Waals surface area contributed by atoms with E-state index in [0.717, 1.165) is 24.3 Å². The fourth-order valence-electron chi connectivity index (χ4n) is 2.50. The Morgan fingerprint density at radius 3 is 2.91 bits per heavy atom. The number of fused-ring (bicyclic) bond motifs is 1. The number of nitrogens with one attached hydrogen (secondary N) is 1. The fraction of sp³-hybridized carbons (Fsp3) is 0.500. The molecule has 6 nitrogen and oxygen atoms in total. The van der Waals surface area contributed by atoms with Gasteiger partial charge in [-0.15, -0.1) is 24.0 Å². The van der Waals surface area contributed by atoms with Gasteiger partial charge in [-0.2, -0.15) is 0 Å². The number of benzene rings is 1. The van der Waals surface area contributed by atoms with Gasteiger partial charge in [-0.3, -0.25) is 4.99 Å². The molecule has 0 aliphatic rings. The molecule has 0 aliphatic heterocycles. The van der Waals surface area contributed by atoms with Crippen LogP contribution in [0.2, 0.25) is 0 Å². The molecular weight excluding hydrogens is 405 g/mol. The summed E-state index contributed by atoms with van der Waals surface area (Å²) in [5.74, 6) is 1.50. The van der Waals surface area contributed by atoms with E-state index in [0.29, 0.717) is 19.1 Å². The minimum atomic E-state index is 0. The molecule has 0 saturated carbocycles. The minimum absolute atomic E-state index is 0. The minimum Gasteiger partial charge on any atom is -0.383 e. The summed E-state index contributed by atoms with van der Waals surface area (Å²) < 4.78 is 7.27. The first-order valence-corrected chi connectivity index (χ1v) is 7.59. The summed E-state index contributed by atoms with van der Waals surface area (Å²) in [5.41, 5.74) is 8.06. The van der Waals surface area contributed by atoms with Crippen LogP contribution in [0.1, 0.15) is 19.2 Å². The number of rotatable bonds is 7. The Morgan fingerprint density at radius 1 is 1.43 bits per heavy atom. The zero-order valence-electron chi connectivity index (χ0n) is 14.0. The lowest BCUT2D eigenvalue weighted by Crippen LogP contribution is -2.40. The molecule has 0 aliphatic carbocycles. The molecule has 2 aromatic rings. The van der Waals surface area contributed by atoms with Crippen molar-refractivity contribution in [2.75, 3.05) is 20.3 Å². The Morgan fingerprint density at radius 2 is 2.17 bits per heavy atom. The summed E-state index contributed by atoms with van der Waals surface area (Å²) >= 11 is 0. The molecule has 0 amide bonds. The van der Waals surface area contributed by atoms with Crippen LogP contribution in [0.3, 0.4) is 0 Å². The van der Waals surface area contributed by atoms with Crippen molar-refractivity contribution in [1.82, 2.24) is 14.9 Å². The van der Waals surface area contributed by atoms with Crippen molar-refractivity contribution >= 4 is 41.0 Å². The molecule has 1 aromatic heterocycles. The maximum absolute atomic E-state index is 5.85. The van der Waals surface area contributed by atoms with E-state index in [1.165, 1.54) is 5.52 Å². The van der Waals surface area contributed by atoms with E-state index >= 15 is 0 Å². The van der Waals surface area contributed by atoms with E-state index in [1.54, 1.807) is 7.11 Å². The highest BCUT2D eigenvalue weighted by atomic mass is 127. The zero-order valence-corrected chi connectivity index (χ0v) is 16.3. The van der Waals surface area contributed by atoms with Gasteiger partial charge in [-0.25, -0.2) is 4.98 Å². The van der Waals surface area contributed by atoms with Crippen LogP contribution in [0.15, 0.2) is 29.3 Å². The summed E-state index contributed by atoms with van der Waals surface area (Å²) in [6.45, 7) is 6.22. The van der Waals surface area contributed by atoms with Crippen molar-refractivity contribution in [3.8, 4) is 0 Å². The molecule has 128 valence electrons. The number of imidazole rings is 1. The van der Waals surface area contributed by atoms with E-state index in [4.69, 9.17) is 10.5 Å². The van der Waals surface area contributed by atoms with Gasteiger partial charge in [0.05, 0.1) is 17.6 Å². The zero-order chi connectivity index (χ0) is 15.9. The molecule has 0 bridgehead atoms. The number of aromatic nitrogens is 2. The molecule has 1 atom stereocenters. The van der Waals surface area contributed by atoms with Crippen molar-refractivity contribution in [3.63, 3.8) is 0 Å². The number of hydrogen-bond donors (Lipinski definition) is 2. The second kappa shape index (κ2) is 9.71. The number of nitrogens with two attached hydrogens (primary N) is 1. The topological polar surface area (TPSA) is 77.5 Å². The van der Waals surface area contributed by atoms with Gasteiger partial charge in [0.25, 0.3) is 0 Å². The van der Waals surface area contributed by atoms with Gasteiger partial charge in [-0.1, -0.05) is 12.1 Å². The van der Waals surface area contributed by atoms with Crippen molar-refractivity contribution in [3.05, 3.63) is 30.1 Å². The predicted octanol–water partition coefficient (Wildman–Crippen LogP) is 2.29. The fourth-order valence-corrected chi connectivity index (χ4v) is 2.50. The molecule has 0 fully saturated rings. The maximum Gasteiger partial charge on any atom is 0.188 e. The van der Waals surface area contributed by atoms with Gasteiger partial charge in [-0.05, 0) is 32.4 Å². The van der Waals surface area contributed by atoms with Gasteiger partial charge in [0.1, 0.15) is 5.82 Å². The Balaban J connectivity index is 0.00000264. The maximum atomic E-state index is 5.85. The van der Waals surface area contributed by atoms with Crippen molar-refractivity contribution in [1.29, 1.82) is 0 Å². The normalized spacial score (nSPS) is 12.9. The molecule has 2 rings (SSSR count). The van der Waals surface area contributed by atoms with Crippen LogP contribution in [0.5, 0.6) is 0 Å². The molecule has 23 heavy (non-hydrogen) atoms. The van der Waals surface area contributed by atoms with Crippen molar-refractivity contribution < 1.29 is 4.74 Å². The Bertz CT molecular complexity index is 640. The second-order valence-electron chi connectivity index (χ2n) is 5.42. The SMILES string of the molecule is COCC(C)NC(N)=NCCCn1c(C)nc2ccccc21.I. The molecule has 0 saturated heterocycles. The summed E-state index contributed by atoms with van der Waals surface area (Å²) in [4.78, 5) is 8.91. The molecule has 3 N–H and O–H groups in total. The van der Waals surface area contributed by atoms with Crippen molar-refractivity contribution in [2.24, 2.45) is 10.7 Å². The first-order chi connectivity index (χ1) is 10.6. The lowest BCUT2D eigenvalue weighted by Gasteiger charge is -2.13. The molecular formula is C16H26IN5O. The highest BCUT2D eigenvalue weighted by Gasteiger charge is 2.06. The summed E-state index contributed by atoms with van der Waals surface area (Å²) in [5, 5.41) is 3.10. The van der Waals surface area contributed by atoms with Gasteiger partial charge >= 0.3 is 0 Å². The number of nitrogens with zero attached hydrogens (tertiary/aromatic N) is 3. The summed E-state index contributed by atoms with van der Waals surface area (Å²) in [7, 11) is 1.67. The molecule has 0 radical (unpaired) electrons. The number of hydrogen-bond acceptors (Lipinski definition) is 3. The van der Waals surface area contributed by atoms with E-state index in [1.807, 2.05) is 32.0 Å². The largest absolute Gasteiger partial charge is 0.383 e. The van der Waals surface area contributed by atoms with E-state index in [2.05, 4.69) is 25.9 Å². The van der Waals surface area contributed by atoms with Gasteiger partial charge in [0.15, 0.2) is 5.96 Å². The van der Waals surface area contributed by atoms with Crippen molar-refractivity contribution in [2.45, 2.75) is 32.9 Å². The van der Waals surface area contributed by atoms with Crippen LogP contribution < -0.4 is 11.1 Å². The predicted molar refractivity (Wildman–Crippen MR) is 105 cm³/mol. The Hall–Kier alpha value is -1.35. The number of halogens is 1. The third kappa shape index (κ3) is 5.65. The second-order valence-corrected chi connectivity index (χ2v) is 5.42. The van der Waals surface area contributed by atoms with E-state index in [9.17, 15) is 0 Å². The molecule has 0 spiro atoms. The summed E-state index contributed by atoms with van der Waals surface area (Å²) in [6, 6.07) is 8.35. The van der Waals surface area contributed by atoms with Gasteiger partial charge < -0.3 is 20.4 Å². The lowest BCUT2D eigenvalue weighted by atomic mass is 10.3. The standard InChI is InChI=1S/C16H25N5O.HI/c1-12(11-22-3)19-16(17)18-9-6-10-21-13(2)20-14-7-4-5-8-15(14)21;/h4-5,7-8,12H,6,9-11H2,1-3H3,(H3,17,18,19);1H. The van der Waals surface area contributed by atoms with E-state index in [-0.39, 0.29) is 30.0 Å². The number of aryl methyl sites for hydroxylation is 2. The Labute approximate surface area is 154 Å². The summed E-state index contributed by atoms with van der Waals surface area (Å²) in [6.07, 6.45) is 0.919. The molecule has 1 heterocycles. The van der Waals surface area contributed by atoms with Gasteiger partial charge in [0, 0.05) is 26.2 Å². The highest BCUT2D eigenvalue weighted by molar-refractivity contribution is 14.0. The molecule has 7 heteroatoms. The number of aliphatic imine (C=N–C) groups is 1. The Kier molecular flexibility index (Phi) is 8.32. The average molecular weight is 431 g/mol. The van der Waals surface area contributed by atoms with Crippen LogP contribution >= 0.6 is 24.0 Å². The van der Waals surface area contributed by atoms with Crippen LogP contribution in [-0.4, -0.2) is 41.8 Å². The number of methoxy groups -OCH3 is 1. The van der Waals surface area contributed by atoms with Crippen LogP contribution in [0, 0.1) is 6.92 Å². The first-order valence-electron chi connectivity index (χ1n) is 7.59. The molecule has 1 unspecified atom stereocenters. The third-order valence-corrected chi connectivity index (χ3v) is 3.48. The average Bonchev–Trinajstić information content (AvgIpc) is 2.79. The highest BCUT2D eigenvalue weighted by Crippen LogP contribution is 2.15. The first kappa shape index (κ1) is 19.7. The monoisotopic (exact) mass is 431 g/mol. The molecule has 1 aromatic carbocycles. The quantitative estimate of drug-likeness (QED) is 0.305. The van der Waals surface area contributed by atoms with Crippen LogP contribution in [-0.2, 0) is 11.3 Å². The number of ether oxygens (including phenoxy) is 1.